The van der Waals surface area contributed by atoms with Crippen LogP contribution in [0, 0.1) is 6.92 Å². The maximum absolute atomic E-state index is 12.2. The van der Waals surface area contributed by atoms with Gasteiger partial charge in [-0.15, -0.1) is 0 Å². The first-order chi connectivity index (χ1) is 16.5. The summed E-state index contributed by atoms with van der Waals surface area (Å²) in [6.07, 6.45) is 1.38. The molecule has 0 heterocycles. The van der Waals surface area contributed by atoms with Gasteiger partial charge in [0.05, 0.1) is 11.8 Å². The van der Waals surface area contributed by atoms with Gasteiger partial charge < -0.3 is 10.1 Å². The number of hydrogen-bond acceptors (Lipinski definition) is 5. The first kappa shape index (κ1) is 22.4. The number of benzene rings is 4. The number of amides is 2. The van der Waals surface area contributed by atoms with Crippen molar-refractivity contribution in [2.45, 2.75) is 6.92 Å². The quantitative estimate of drug-likeness (QED) is 0.154. The fourth-order valence-electron chi connectivity index (χ4n) is 3.29. The number of rotatable bonds is 5. The Morgan fingerprint density at radius 2 is 1.56 bits per heavy atom. The average molecular weight is 451 g/mol. The number of fused-ring (bicyclic) bond motifs is 1. The molecule has 0 unspecified atom stereocenters. The van der Waals surface area contributed by atoms with Crippen molar-refractivity contribution in [1.82, 2.24) is 5.43 Å². The first-order valence-electron chi connectivity index (χ1n) is 10.5. The van der Waals surface area contributed by atoms with Gasteiger partial charge in [0.25, 0.3) is 0 Å². The Kier molecular flexibility index (Phi) is 6.74. The lowest BCUT2D eigenvalue weighted by Gasteiger charge is -2.07. The van der Waals surface area contributed by atoms with E-state index in [-0.39, 0.29) is 0 Å². The van der Waals surface area contributed by atoms with Crippen LogP contribution in [-0.2, 0) is 9.59 Å². The number of hydrazone groups is 1. The molecule has 0 saturated carbocycles. The van der Waals surface area contributed by atoms with Gasteiger partial charge in [0, 0.05) is 11.1 Å². The van der Waals surface area contributed by atoms with Crippen LogP contribution < -0.4 is 15.5 Å². The van der Waals surface area contributed by atoms with Crippen LogP contribution in [0.5, 0.6) is 5.75 Å². The van der Waals surface area contributed by atoms with Crippen LogP contribution in [0.15, 0.2) is 96.1 Å². The zero-order valence-electron chi connectivity index (χ0n) is 18.3. The highest BCUT2D eigenvalue weighted by molar-refractivity contribution is 6.40. The summed E-state index contributed by atoms with van der Waals surface area (Å²) < 4.78 is 5.37. The number of nitrogens with zero attached hydrogens (tertiary/aromatic N) is 1. The van der Waals surface area contributed by atoms with Gasteiger partial charge in [0.15, 0.2) is 0 Å². The third-order valence-corrected chi connectivity index (χ3v) is 4.97. The molecule has 0 spiro atoms. The molecule has 4 aromatic rings. The van der Waals surface area contributed by atoms with Crippen molar-refractivity contribution in [1.29, 1.82) is 0 Å². The standard InChI is InChI=1S/C27H21N3O4/c1-18-6-4-9-21(16-18)27(33)34-22-14-12-19(13-15-22)17-28-30-26(32)25(31)29-24-11-5-8-20-7-2-3-10-23(20)24/h2-17H,1H3,(H,29,31)(H,30,32)/b28-17-. The molecule has 4 rings (SSSR count). The lowest BCUT2D eigenvalue weighted by Crippen LogP contribution is -2.32. The van der Waals surface area contributed by atoms with Crippen LogP contribution in [0.2, 0.25) is 0 Å². The third kappa shape index (κ3) is 5.52. The molecular formula is C27H21N3O4. The molecule has 4 aromatic carbocycles. The predicted molar refractivity (Wildman–Crippen MR) is 131 cm³/mol. The van der Waals surface area contributed by atoms with E-state index in [0.29, 0.717) is 22.6 Å². The van der Waals surface area contributed by atoms with Gasteiger partial charge in [-0.2, -0.15) is 5.10 Å². The molecule has 2 amide bonds. The lowest BCUT2D eigenvalue weighted by atomic mass is 10.1. The topological polar surface area (TPSA) is 96.9 Å². The maximum Gasteiger partial charge on any atom is 0.343 e. The Balaban J connectivity index is 1.31. The molecule has 0 aliphatic carbocycles. The van der Waals surface area contributed by atoms with Gasteiger partial charge in [-0.05, 0) is 60.3 Å². The van der Waals surface area contributed by atoms with Gasteiger partial charge in [0.2, 0.25) is 0 Å². The van der Waals surface area contributed by atoms with E-state index in [1.54, 1.807) is 54.6 Å². The molecule has 7 heteroatoms. The highest BCUT2D eigenvalue weighted by Crippen LogP contribution is 2.22. The molecule has 0 radical (unpaired) electrons. The molecule has 0 fully saturated rings. The normalized spacial score (nSPS) is 10.7. The van der Waals surface area contributed by atoms with E-state index < -0.39 is 17.8 Å². The van der Waals surface area contributed by atoms with Crippen LogP contribution in [0.3, 0.4) is 0 Å². The molecule has 0 aromatic heterocycles. The van der Waals surface area contributed by atoms with Crippen molar-refractivity contribution in [3.63, 3.8) is 0 Å². The number of nitrogens with one attached hydrogen (secondary N) is 2. The molecule has 2 N–H and O–H groups in total. The van der Waals surface area contributed by atoms with E-state index >= 15 is 0 Å². The molecule has 0 saturated heterocycles. The second-order valence-corrected chi connectivity index (χ2v) is 7.51. The van der Waals surface area contributed by atoms with Crippen LogP contribution in [0.25, 0.3) is 10.8 Å². The summed E-state index contributed by atoms with van der Waals surface area (Å²) >= 11 is 0. The first-order valence-corrected chi connectivity index (χ1v) is 10.5. The Hall–Kier alpha value is -4.78. The third-order valence-electron chi connectivity index (χ3n) is 4.97. The van der Waals surface area contributed by atoms with Crippen molar-refractivity contribution in [2.75, 3.05) is 5.32 Å². The highest BCUT2D eigenvalue weighted by Gasteiger charge is 2.14. The molecule has 7 nitrogen and oxygen atoms in total. The molecule has 0 aliphatic heterocycles. The van der Waals surface area contributed by atoms with Gasteiger partial charge in [-0.25, -0.2) is 10.2 Å². The van der Waals surface area contributed by atoms with Crippen LogP contribution in [-0.4, -0.2) is 24.0 Å². The minimum atomic E-state index is -0.895. The van der Waals surface area contributed by atoms with Crippen LogP contribution >= 0.6 is 0 Å². The summed E-state index contributed by atoms with van der Waals surface area (Å²) in [7, 11) is 0. The van der Waals surface area contributed by atoms with Crippen LogP contribution in [0.4, 0.5) is 5.69 Å². The Bertz CT molecular complexity index is 1390. The monoisotopic (exact) mass is 451 g/mol. The van der Waals surface area contributed by atoms with Crippen molar-refractivity contribution in [3.8, 4) is 5.75 Å². The second-order valence-electron chi connectivity index (χ2n) is 7.51. The predicted octanol–water partition coefficient (Wildman–Crippen LogP) is 4.46. The zero-order chi connectivity index (χ0) is 23.9. The molecule has 0 atom stereocenters. The van der Waals surface area contributed by atoms with Crippen molar-refractivity contribution < 1.29 is 19.1 Å². The number of aryl methyl sites for hydroxylation is 1. The van der Waals surface area contributed by atoms with E-state index in [1.807, 2.05) is 43.3 Å². The van der Waals surface area contributed by atoms with E-state index in [4.69, 9.17) is 4.74 Å². The molecule has 168 valence electrons. The number of anilines is 1. The van der Waals surface area contributed by atoms with Crippen molar-refractivity contribution >= 4 is 40.5 Å². The van der Waals surface area contributed by atoms with Gasteiger partial charge in [0.1, 0.15) is 5.75 Å². The van der Waals surface area contributed by atoms with E-state index in [1.165, 1.54) is 6.21 Å². The number of carbonyl (C=O) groups is 3. The maximum atomic E-state index is 12.2. The van der Waals surface area contributed by atoms with E-state index in [0.717, 1.165) is 16.3 Å². The Morgan fingerprint density at radius 3 is 2.35 bits per heavy atom. The van der Waals surface area contributed by atoms with Gasteiger partial charge in [-0.1, -0.05) is 54.1 Å². The summed E-state index contributed by atoms with van der Waals surface area (Å²) in [5.74, 6) is -1.79. The largest absolute Gasteiger partial charge is 0.423 e. The highest BCUT2D eigenvalue weighted by atomic mass is 16.5. The summed E-state index contributed by atoms with van der Waals surface area (Å²) in [6.45, 7) is 1.90. The molecule has 0 bridgehead atoms. The van der Waals surface area contributed by atoms with Gasteiger partial charge >= 0.3 is 17.8 Å². The molecule has 34 heavy (non-hydrogen) atoms. The summed E-state index contributed by atoms with van der Waals surface area (Å²) in [4.78, 5) is 36.6. The smallest absolute Gasteiger partial charge is 0.343 e. The minimum Gasteiger partial charge on any atom is -0.423 e. The summed E-state index contributed by atoms with van der Waals surface area (Å²) in [5, 5.41) is 8.21. The number of carbonyl (C=O) groups excluding carboxylic acids is 3. The zero-order valence-corrected chi connectivity index (χ0v) is 18.3. The fraction of sp³-hybridized carbons (Fsp3) is 0.0370. The molecular weight excluding hydrogens is 430 g/mol. The summed E-state index contributed by atoms with van der Waals surface area (Å²) in [5.41, 5.74) is 4.82. The second kappa shape index (κ2) is 10.2. The van der Waals surface area contributed by atoms with Crippen LogP contribution in [0.1, 0.15) is 21.5 Å². The van der Waals surface area contributed by atoms with Crippen molar-refractivity contribution in [3.05, 3.63) is 108 Å². The minimum absolute atomic E-state index is 0.377. The van der Waals surface area contributed by atoms with Crippen molar-refractivity contribution in [2.24, 2.45) is 5.10 Å². The van der Waals surface area contributed by atoms with Gasteiger partial charge in [-0.3, -0.25) is 9.59 Å². The number of ether oxygens (including phenoxy) is 1. The number of hydrogen-bond donors (Lipinski definition) is 2. The SMILES string of the molecule is Cc1cccc(C(=O)Oc2ccc(/C=N\NC(=O)C(=O)Nc3cccc4ccccc34)cc2)c1. The Morgan fingerprint density at radius 1 is 0.824 bits per heavy atom. The van der Waals surface area contributed by atoms with E-state index in [2.05, 4.69) is 15.8 Å². The summed E-state index contributed by atoms with van der Waals surface area (Å²) in [6, 6.07) is 26.7. The Labute approximate surface area is 196 Å². The number of esters is 1. The molecule has 0 aliphatic rings. The average Bonchev–Trinajstić information content (AvgIpc) is 2.85. The van der Waals surface area contributed by atoms with E-state index in [9.17, 15) is 14.4 Å². The fourth-order valence-corrected chi connectivity index (χ4v) is 3.29. The lowest BCUT2D eigenvalue weighted by molar-refractivity contribution is -0.136.